The molecule has 2 heterocycles. The van der Waals surface area contributed by atoms with E-state index >= 15 is 0 Å². The van der Waals surface area contributed by atoms with E-state index < -0.39 is 0 Å². The number of carbonyl (C=O) groups is 1. The number of hydrogen-bond acceptors (Lipinski definition) is 4. The van der Waals surface area contributed by atoms with Gasteiger partial charge < -0.3 is 9.64 Å². The van der Waals surface area contributed by atoms with Crippen molar-refractivity contribution in [3.05, 3.63) is 30.3 Å². The van der Waals surface area contributed by atoms with E-state index in [0.29, 0.717) is 6.42 Å². The molecule has 0 aliphatic carbocycles. The molecule has 2 aliphatic heterocycles. The molecule has 20 heavy (non-hydrogen) atoms. The van der Waals surface area contributed by atoms with Gasteiger partial charge in [-0.15, -0.1) is 0 Å². The van der Waals surface area contributed by atoms with Gasteiger partial charge in [0.05, 0.1) is 0 Å². The second-order valence-electron chi connectivity index (χ2n) is 5.60. The Hall–Kier alpha value is -1.55. The number of benzene rings is 1. The molecular formula is C16H22N2O2. The van der Waals surface area contributed by atoms with Crippen molar-refractivity contribution in [3.8, 4) is 0 Å². The van der Waals surface area contributed by atoms with Gasteiger partial charge in [0, 0.05) is 44.8 Å². The molecule has 3 rings (SSSR count). The van der Waals surface area contributed by atoms with Crippen LogP contribution in [0.1, 0.15) is 19.3 Å². The average Bonchev–Trinajstić information content (AvgIpc) is 2.92. The van der Waals surface area contributed by atoms with Gasteiger partial charge in [-0.05, 0) is 25.0 Å². The second-order valence-corrected chi connectivity index (χ2v) is 5.60. The smallest absolute Gasteiger partial charge is 0.306 e. The number of hydrogen-bond donors (Lipinski definition) is 0. The maximum atomic E-state index is 11.1. The van der Waals surface area contributed by atoms with E-state index in [1.165, 1.54) is 5.69 Å². The molecule has 0 spiro atoms. The summed E-state index contributed by atoms with van der Waals surface area (Å²) in [5.74, 6) is -0.0242. The van der Waals surface area contributed by atoms with E-state index in [-0.39, 0.29) is 12.1 Å². The van der Waals surface area contributed by atoms with Crippen molar-refractivity contribution in [2.45, 2.75) is 25.4 Å². The SMILES string of the molecule is O=C1CCC(CCN2CCN(c3ccccc3)CC2)O1. The average molecular weight is 274 g/mol. The summed E-state index contributed by atoms with van der Waals surface area (Å²) >= 11 is 0. The van der Waals surface area contributed by atoms with Crippen LogP contribution in [-0.2, 0) is 9.53 Å². The zero-order valence-corrected chi connectivity index (χ0v) is 11.8. The Morgan fingerprint density at radius 3 is 2.50 bits per heavy atom. The molecule has 0 amide bonds. The van der Waals surface area contributed by atoms with Gasteiger partial charge in [0.15, 0.2) is 0 Å². The minimum Gasteiger partial charge on any atom is -0.462 e. The van der Waals surface area contributed by atoms with Gasteiger partial charge in [0.25, 0.3) is 0 Å². The van der Waals surface area contributed by atoms with Crippen LogP contribution in [0.3, 0.4) is 0 Å². The van der Waals surface area contributed by atoms with Crippen molar-refractivity contribution in [1.82, 2.24) is 4.90 Å². The van der Waals surface area contributed by atoms with E-state index in [0.717, 1.165) is 45.6 Å². The largest absolute Gasteiger partial charge is 0.462 e. The van der Waals surface area contributed by atoms with Crippen molar-refractivity contribution in [2.75, 3.05) is 37.6 Å². The number of nitrogens with zero attached hydrogens (tertiary/aromatic N) is 2. The van der Waals surface area contributed by atoms with Gasteiger partial charge >= 0.3 is 5.97 Å². The third kappa shape index (κ3) is 3.31. The summed E-state index contributed by atoms with van der Waals surface area (Å²) in [7, 11) is 0. The van der Waals surface area contributed by atoms with Crippen LogP contribution in [0.25, 0.3) is 0 Å². The van der Waals surface area contributed by atoms with Crippen molar-refractivity contribution < 1.29 is 9.53 Å². The van der Waals surface area contributed by atoms with E-state index in [2.05, 4.69) is 40.1 Å². The Bertz CT molecular complexity index is 441. The zero-order valence-electron chi connectivity index (χ0n) is 11.8. The first-order valence-electron chi connectivity index (χ1n) is 7.53. The first kappa shape index (κ1) is 13.4. The maximum Gasteiger partial charge on any atom is 0.306 e. The molecule has 1 unspecified atom stereocenters. The molecule has 1 atom stereocenters. The van der Waals surface area contributed by atoms with E-state index in [9.17, 15) is 4.79 Å². The zero-order chi connectivity index (χ0) is 13.8. The number of carbonyl (C=O) groups excluding carboxylic acids is 1. The lowest BCUT2D eigenvalue weighted by atomic mass is 10.1. The Balaban J connectivity index is 1.41. The van der Waals surface area contributed by atoms with Crippen LogP contribution in [0, 0.1) is 0 Å². The number of para-hydroxylation sites is 1. The molecule has 2 fully saturated rings. The van der Waals surface area contributed by atoms with Gasteiger partial charge in [-0.25, -0.2) is 0 Å². The standard InChI is InChI=1S/C16H22N2O2/c19-16-7-6-15(20-16)8-9-17-10-12-18(13-11-17)14-4-2-1-3-5-14/h1-5,15H,6-13H2. The lowest BCUT2D eigenvalue weighted by Gasteiger charge is -2.36. The minimum absolute atomic E-state index is 0.0242. The summed E-state index contributed by atoms with van der Waals surface area (Å²) in [6.45, 7) is 5.38. The molecule has 1 aromatic carbocycles. The number of cyclic esters (lactones) is 1. The Morgan fingerprint density at radius 2 is 1.85 bits per heavy atom. The highest BCUT2D eigenvalue weighted by molar-refractivity contribution is 5.71. The van der Waals surface area contributed by atoms with E-state index in [1.807, 2.05) is 0 Å². The minimum atomic E-state index is -0.0242. The van der Waals surface area contributed by atoms with Gasteiger partial charge in [-0.3, -0.25) is 9.69 Å². The molecular weight excluding hydrogens is 252 g/mol. The molecule has 108 valence electrons. The third-order valence-corrected chi connectivity index (χ3v) is 4.23. The van der Waals surface area contributed by atoms with Crippen LogP contribution in [0.4, 0.5) is 5.69 Å². The van der Waals surface area contributed by atoms with Crippen LogP contribution in [0.5, 0.6) is 0 Å². The molecule has 2 aliphatic rings. The number of ether oxygens (including phenoxy) is 1. The molecule has 0 bridgehead atoms. The van der Waals surface area contributed by atoms with Crippen molar-refractivity contribution in [1.29, 1.82) is 0 Å². The maximum absolute atomic E-state index is 11.1. The predicted octanol–water partition coefficient (Wildman–Crippen LogP) is 1.90. The van der Waals surface area contributed by atoms with Crippen LogP contribution in [-0.4, -0.2) is 49.7 Å². The number of rotatable bonds is 4. The highest BCUT2D eigenvalue weighted by Gasteiger charge is 2.24. The van der Waals surface area contributed by atoms with Gasteiger partial charge in [-0.1, -0.05) is 18.2 Å². The van der Waals surface area contributed by atoms with Crippen LogP contribution < -0.4 is 4.90 Å². The van der Waals surface area contributed by atoms with Crippen molar-refractivity contribution in [3.63, 3.8) is 0 Å². The summed E-state index contributed by atoms with van der Waals surface area (Å²) in [6.07, 6.45) is 2.65. The fraction of sp³-hybridized carbons (Fsp3) is 0.562. The van der Waals surface area contributed by atoms with Crippen LogP contribution >= 0.6 is 0 Å². The quantitative estimate of drug-likeness (QED) is 0.785. The molecule has 0 saturated carbocycles. The van der Waals surface area contributed by atoms with Gasteiger partial charge in [0.1, 0.15) is 6.10 Å². The first-order valence-corrected chi connectivity index (χ1v) is 7.53. The lowest BCUT2D eigenvalue weighted by Crippen LogP contribution is -2.47. The Morgan fingerprint density at radius 1 is 1.10 bits per heavy atom. The van der Waals surface area contributed by atoms with E-state index in [1.54, 1.807) is 0 Å². The predicted molar refractivity (Wildman–Crippen MR) is 78.8 cm³/mol. The molecule has 0 radical (unpaired) electrons. The van der Waals surface area contributed by atoms with Crippen molar-refractivity contribution >= 4 is 11.7 Å². The van der Waals surface area contributed by atoms with E-state index in [4.69, 9.17) is 4.74 Å². The van der Waals surface area contributed by atoms with Crippen molar-refractivity contribution in [2.24, 2.45) is 0 Å². The molecule has 4 heteroatoms. The molecule has 0 aromatic heterocycles. The topological polar surface area (TPSA) is 32.8 Å². The number of anilines is 1. The highest BCUT2D eigenvalue weighted by atomic mass is 16.5. The summed E-state index contributed by atoms with van der Waals surface area (Å²) in [6, 6.07) is 10.6. The summed E-state index contributed by atoms with van der Waals surface area (Å²) in [5.41, 5.74) is 1.32. The van der Waals surface area contributed by atoms with Crippen LogP contribution in [0.15, 0.2) is 30.3 Å². The molecule has 0 N–H and O–H groups in total. The highest BCUT2D eigenvalue weighted by Crippen LogP contribution is 2.19. The number of piperazine rings is 1. The fourth-order valence-electron chi connectivity index (χ4n) is 2.98. The Kier molecular flexibility index (Phi) is 4.21. The second kappa shape index (κ2) is 6.27. The molecule has 1 aromatic rings. The number of esters is 1. The van der Waals surface area contributed by atoms with Crippen LogP contribution in [0.2, 0.25) is 0 Å². The monoisotopic (exact) mass is 274 g/mol. The fourth-order valence-corrected chi connectivity index (χ4v) is 2.98. The third-order valence-electron chi connectivity index (χ3n) is 4.23. The summed E-state index contributed by atoms with van der Waals surface area (Å²) in [4.78, 5) is 16.0. The first-order chi connectivity index (χ1) is 9.81. The van der Waals surface area contributed by atoms with Gasteiger partial charge in [-0.2, -0.15) is 0 Å². The van der Waals surface area contributed by atoms with Gasteiger partial charge in [0.2, 0.25) is 0 Å². The molecule has 4 nitrogen and oxygen atoms in total. The molecule has 2 saturated heterocycles. The summed E-state index contributed by atoms with van der Waals surface area (Å²) < 4.78 is 5.27. The lowest BCUT2D eigenvalue weighted by molar-refractivity contribution is -0.141. The Labute approximate surface area is 120 Å². The summed E-state index contributed by atoms with van der Waals surface area (Å²) in [5, 5.41) is 0. The normalized spacial score (nSPS) is 23.9.